The lowest BCUT2D eigenvalue weighted by atomic mass is 9.99. The van der Waals surface area contributed by atoms with Crippen LogP contribution in [-0.2, 0) is 39.8 Å². The number of aromatic nitrogens is 2. The van der Waals surface area contributed by atoms with Gasteiger partial charge in [-0.2, -0.15) is 0 Å². The normalized spacial score (nSPS) is 13.8. The van der Waals surface area contributed by atoms with Gasteiger partial charge in [-0.3, -0.25) is 0 Å². The minimum Gasteiger partial charge on any atom is -0.201 e. The minimum absolute atomic E-state index is 1.23. The Balaban J connectivity index is 0.000000142. The molecule has 4 aromatic rings. The van der Waals surface area contributed by atoms with Gasteiger partial charge in [0.25, 0.3) is 0 Å². The lowest BCUT2D eigenvalue weighted by Gasteiger charge is -2.08. The fraction of sp³-hybridized carbons (Fsp3) is 0.312. The molecule has 2 aromatic carbocycles. The Morgan fingerprint density at radius 3 is 1.97 bits per heavy atom. The molecular formula is C32H36N2+2. The molecule has 0 saturated heterocycles. The molecule has 0 saturated carbocycles. The van der Waals surface area contributed by atoms with Gasteiger partial charge in [0.05, 0.1) is 0 Å². The Morgan fingerprint density at radius 2 is 1.24 bits per heavy atom. The van der Waals surface area contributed by atoms with Gasteiger partial charge in [-0.15, -0.1) is 0 Å². The Labute approximate surface area is 204 Å². The fourth-order valence-electron chi connectivity index (χ4n) is 5.70. The maximum absolute atomic E-state index is 2.38. The summed E-state index contributed by atoms with van der Waals surface area (Å²) >= 11 is 0. The van der Waals surface area contributed by atoms with Gasteiger partial charge in [-0.1, -0.05) is 36.4 Å². The molecular weight excluding hydrogens is 412 g/mol. The molecule has 0 unspecified atom stereocenters. The van der Waals surface area contributed by atoms with E-state index in [1.807, 2.05) is 0 Å². The Morgan fingerprint density at radius 1 is 0.618 bits per heavy atom. The number of aryl methyl sites for hydroxylation is 7. The van der Waals surface area contributed by atoms with Crippen molar-refractivity contribution in [2.45, 2.75) is 52.4 Å². The van der Waals surface area contributed by atoms with Crippen LogP contribution in [0.4, 0.5) is 0 Å². The predicted octanol–water partition coefficient (Wildman–Crippen LogP) is 5.95. The van der Waals surface area contributed by atoms with Gasteiger partial charge in [-0.05, 0) is 86.8 Å². The van der Waals surface area contributed by atoms with E-state index < -0.39 is 0 Å². The monoisotopic (exact) mass is 448 g/mol. The van der Waals surface area contributed by atoms with E-state index in [1.165, 1.54) is 77.7 Å². The lowest BCUT2D eigenvalue weighted by molar-refractivity contribution is -0.660. The molecule has 2 aliphatic carbocycles. The van der Waals surface area contributed by atoms with Crippen LogP contribution in [0.5, 0.6) is 0 Å². The van der Waals surface area contributed by atoms with Crippen molar-refractivity contribution in [3.05, 3.63) is 106 Å². The van der Waals surface area contributed by atoms with E-state index in [2.05, 4.69) is 110 Å². The topological polar surface area (TPSA) is 7.76 Å². The van der Waals surface area contributed by atoms with Gasteiger partial charge in [0.2, 0.25) is 11.4 Å². The van der Waals surface area contributed by atoms with Crippen molar-refractivity contribution < 1.29 is 9.13 Å². The molecule has 0 radical (unpaired) electrons. The van der Waals surface area contributed by atoms with Crippen LogP contribution >= 0.6 is 0 Å². The molecule has 2 nitrogen and oxygen atoms in total. The van der Waals surface area contributed by atoms with Gasteiger partial charge in [0.1, 0.15) is 14.1 Å². The third-order valence-electron chi connectivity index (χ3n) is 7.56. The highest BCUT2D eigenvalue weighted by Crippen LogP contribution is 2.31. The first-order valence-electron chi connectivity index (χ1n) is 12.7. The zero-order valence-corrected chi connectivity index (χ0v) is 21.1. The predicted molar refractivity (Wildman–Crippen MR) is 140 cm³/mol. The molecule has 0 aliphatic heterocycles. The van der Waals surface area contributed by atoms with E-state index in [1.54, 1.807) is 16.7 Å². The summed E-state index contributed by atoms with van der Waals surface area (Å²) in [5.74, 6) is 0. The SMILES string of the molecule is Cc1ccccc1-c1c2c(cc[n+]1C)CCC2.Cc1ccccc1-c1cc2c(c[n+]1C)CCC2. The quantitative estimate of drug-likeness (QED) is 0.335. The fourth-order valence-corrected chi connectivity index (χ4v) is 5.70. The molecule has 0 amide bonds. The summed E-state index contributed by atoms with van der Waals surface area (Å²) < 4.78 is 4.54. The standard InChI is InChI=1S/2C16H18N/c1-12-6-3-4-9-15(12)16-10-13-7-5-8-14(13)11-17(16)2;1-12-6-3-4-8-14(12)16-15-9-5-7-13(15)10-11-17(16)2/h3-4,6,9-11H,5,7-8H2,1-2H3;3-4,6,8,10-11H,5,7,9H2,1-2H3/q2*+1. The molecule has 2 aromatic heterocycles. The van der Waals surface area contributed by atoms with Crippen LogP contribution < -0.4 is 9.13 Å². The molecule has 2 heteroatoms. The Bertz CT molecular complexity index is 1350. The van der Waals surface area contributed by atoms with Crippen molar-refractivity contribution in [3.63, 3.8) is 0 Å². The van der Waals surface area contributed by atoms with Crippen LogP contribution in [0.25, 0.3) is 22.5 Å². The van der Waals surface area contributed by atoms with Crippen LogP contribution in [0.3, 0.4) is 0 Å². The summed E-state index contributed by atoms with van der Waals surface area (Å²) in [6.07, 6.45) is 12.1. The average molecular weight is 449 g/mol. The summed E-state index contributed by atoms with van der Waals surface area (Å²) in [6, 6.07) is 22.0. The Kier molecular flexibility index (Phi) is 6.32. The Hall–Kier alpha value is -3.26. The van der Waals surface area contributed by atoms with Crippen molar-refractivity contribution in [1.29, 1.82) is 0 Å². The molecule has 6 rings (SSSR count). The maximum Gasteiger partial charge on any atom is 0.216 e. The van der Waals surface area contributed by atoms with Gasteiger partial charge in [0, 0.05) is 34.4 Å². The number of rotatable bonds is 2. The van der Waals surface area contributed by atoms with E-state index in [-0.39, 0.29) is 0 Å². The largest absolute Gasteiger partial charge is 0.216 e. The van der Waals surface area contributed by atoms with E-state index in [4.69, 9.17) is 0 Å². The molecule has 0 fully saturated rings. The van der Waals surface area contributed by atoms with E-state index >= 15 is 0 Å². The van der Waals surface area contributed by atoms with Crippen molar-refractivity contribution in [2.24, 2.45) is 14.1 Å². The van der Waals surface area contributed by atoms with Gasteiger partial charge in [-0.25, -0.2) is 9.13 Å². The third kappa shape index (κ3) is 4.30. The summed E-state index contributed by atoms with van der Waals surface area (Å²) in [5.41, 5.74) is 14.4. The smallest absolute Gasteiger partial charge is 0.201 e. The summed E-state index contributed by atoms with van der Waals surface area (Å²) in [4.78, 5) is 0. The van der Waals surface area contributed by atoms with Crippen molar-refractivity contribution >= 4 is 0 Å². The first kappa shape index (κ1) is 22.5. The summed E-state index contributed by atoms with van der Waals surface area (Å²) in [7, 11) is 4.31. The van der Waals surface area contributed by atoms with Crippen LogP contribution in [0.2, 0.25) is 0 Å². The molecule has 0 atom stereocenters. The van der Waals surface area contributed by atoms with Gasteiger partial charge < -0.3 is 0 Å². The highest BCUT2D eigenvalue weighted by molar-refractivity contribution is 5.66. The number of fused-ring (bicyclic) bond motifs is 2. The second-order valence-corrected chi connectivity index (χ2v) is 9.94. The van der Waals surface area contributed by atoms with Crippen LogP contribution in [-0.4, -0.2) is 0 Å². The molecule has 172 valence electrons. The van der Waals surface area contributed by atoms with Gasteiger partial charge >= 0.3 is 0 Å². The van der Waals surface area contributed by atoms with E-state index in [9.17, 15) is 0 Å². The molecule has 0 bridgehead atoms. The number of benzene rings is 2. The molecule has 0 N–H and O–H groups in total. The first-order chi connectivity index (χ1) is 16.5. The van der Waals surface area contributed by atoms with Crippen molar-refractivity contribution in [1.82, 2.24) is 0 Å². The number of pyridine rings is 2. The second kappa shape index (κ2) is 9.54. The molecule has 0 spiro atoms. The summed E-state index contributed by atoms with van der Waals surface area (Å²) in [5, 5.41) is 0. The van der Waals surface area contributed by atoms with E-state index in [0.717, 1.165) is 0 Å². The molecule has 34 heavy (non-hydrogen) atoms. The zero-order valence-electron chi connectivity index (χ0n) is 21.1. The first-order valence-corrected chi connectivity index (χ1v) is 12.7. The second-order valence-electron chi connectivity index (χ2n) is 9.94. The summed E-state index contributed by atoms with van der Waals surface area (Å²) in [6.45, 7) is 4.38. The van der Waals surface area contributed by atoms with Crippen LogP contribution in [0.15, 0.2) is 73.1 Å². The van der Waals surface area contributed by atoms with Crippen molar-refractivity contribution in [2.75, 3.05) is 0 Å². The number of nitrogens with zero attached hydrogens (tertiary/aromatic N) is 2. The van der Waals surface area contributed by atoms with Crippen LogP contribution in [0.1, 0.15) is 46.2 Å². The number of hydrogen-bond acceptors (Lipinski definition) is 0. The average Bonchev–Trinajstić information content (AvgIpc) is 3.49. The van der Waals surface area contributed by atoms with Crippen LogP contribution in [0, 0.1) is 13.8 Å². The molecule has 2 aliphatic rings. The van der Waals surface area contributed by atoms with Crippen molar-refractivity contribution in [3.8, 4) is 22.5 Å². The lowest BCUT2D eigenvalue weighted by Crippen LogP contribution is -2.32. The minimum atomic E-state index is 1.23. The number of hydrogen-bond donors (Lipinski definition) is 0. The van der Waals surface area contributed by atoms with Gasteiger partial charge in [0.15, 0.2) is 12.4 Å². The highest BCUT2D eigenvalue weighted by atomic mass is 14.9. The highest BCUT2D eigenvalue weighted by Gasteiger charge is 2.24. The third-order valence-corrected chi connectivity index (χ3v) is 7.56. The van der Waals surface area contributed by atoms with E-state index in [0.29, 0.717) is 0 Å². The molecule has 2 heterocycles. The maximum atomic E-state index is 2.38. The zero-order chi connectivity index (χ0) is 23.7.